The van der Waals surface area contributed by atoms with Gasteiger partial charge in [-0.2, -0.15) is 5.10 Å². The van der Waals surface area contributed by atoms with E-state index in [0.29, 0.717) is 6.04 Å². The van der Waals surface area contributed by atoms with Crippen molar-refractivity contribution in [1.29, 1.82) is 0 Å². The van der Waals surface area contributed by atoms with E-state index >= 15 is 0 Å². The van der Waals surface area contributed by atoms with Crippen molar-refractivity contribution < 1.29 is 0 Å². The molecule has 1 heterocycles. The van der Waals surface area contributed by atoms with Crippen LogP contribution in [-0.4, -0.2) is 16.3 Å². The molecule has 3 nitrogen and oxygen atoms in total. The van der Waals surface area contributed by atoms with Gasteiger partial charge in [-0.1, -0.05) is 26.7 Å². The standard InChI is InChI=1S/C12H22BrN3/c1-4-7-8-11(14-5-2)12-10(13)9-15-16(12)6-3/h9,11,14H,4-8H2,1-3H3. The quantitative estimate of drug-likeness (QED) is 0.832. The van der Waals surface area contributed by atoms with Crippen LogP contribution in [-0.2, 0) is 6.54 Å². The topological polar surface area (TPSA) is 29.9 Å². The fraction of sp³-hybridized carbons (Fsp3) is 0.750. The Morgan fingerprint density at radius 2 is 2.19 bits per heavy atom. The van der Waals surface area contributed by atoms with Gasteiger partial charge in [-0.05, 0) is 35.8 Å². The lowest BCUT2D eigenvalue weighted by Gasteiger charge is -2.19. The maximum absolute atomic E-state index is 4.38. The monoisotopic (exact) mass is 287 g/mol. The molecule has 4 heteroatoms. The Bertz CT molecular complexity index is 309. The number of nitrogens with one attached hydrogen (secondary N) is 1. The number of rotatable bonds is 7. The summed E-state index contributed by atoms with van der Waals surface area (Å²) in [5.74, 6) is 0. The van der Waals surface area contributed by atoms with Gasteiger partial charge in [0.05, 0.1) is 22.4 Å². The molecule has 0 spiro atoms. The fourth-order valence-corrected chi connectivity index (χ4v) is 2.53. The Morgan fingerprint density at radius 3 is 2.75 bits per heavy atom. The molecular formula is C12H22BrN3. The summed E-state index contributed by atoms with van der Waals surface area (Å²) in [6.07, 6.45) is 5.56. The minimum absolute atomic E-state index is 0.418. The van der Waals surface area contributed by atoms with Gasteiger partial charge in [0.2, 0.25) is 0 Å². The summed E-state index contributed by atoms with van der Waals surface area (Å²) >= 11 is 3.60. The van der Waals surface area contributed by atoms with Gasteiger partial charge < -0.3 is 5.32 Å². The van der Waals surface area contributed by atoms with Gasteiger partial charge in [0, 0.05) is 6.54 Å². The number of nitrogens with zero attached hydrogens (tertiary/aromatic N) is 2. The third-order valence-corrected chi connectivity index (χ3v) is 3.37. The molecule has 0 saturated carbocycles. The van der Waals surface area contributed by atoms with E-state index in [-0.39, 0.29) is 0 Å². The minimum atomic E-state index is 0.418. The SMILES string of the molecule is CCCCC(NCC)c1c(Br)cnn1CC. The van der Waals surface area contributed by atoms with Crippen LogP contribution in [0.1, 0.15) is 51.8 Å². The van der Waals surface area contributed by atoms with Gasteiger partial charge in [-0.15, -0.1) is 0 Å². The van der Waals surface area contributed by atoms with Crippen molar-refractivity contribution in [3.8, 4) is 0 Å². The maximum Gasteiger partial charge on any atom is 0.0695 e. The highest BCUT2D eigenvalue weighted by molar-refractivity contribution is 9.10. The largest absolute Gasteiger partial charge is 0.309 e. The molecule has 1 rings (SSSR count). The molecule has 0 aromatic carbocycles. The summed E-state index contributed by atoms with van der Waals surface area (Å²) in [5.41, 5.74) is 1.29. The minimum Gasteiger partial charge on any atom is -0.309 e. The predicted octanol–water partition coefficient (Wildman–Crippen LogP) is 3.51. The Hall–Kier alpha value is -0.350. The number of unbranched alkanes of at least 4 members (excludes halogenated alkanes) is 1. The molecule has 16 heavy (non-hydrogen) atoms. The zero-order chi connectivity index (χ0) is 12.0. The van der Waals surface area contributed by atoms with E-state index in [9.17, 15) is 0 Å². The summed E-state index contributed by atoms with van der Waals surface area (Å²) in [6.45, 7) is 8.44. The van der Waals surface area contributed by atoms with Crippen molar-refractivity contribution >= 4 is 15.9 Å². The summed E-state index contributed by atoms with van der Waals surface area (Å²) in [6, 6.07) is 0.418. The Morgan fingerprint density at radius 1 is 1.44 bits per heavy atom. The van der Waals surface area contributed by atoms with Crippen LogP contribution in [0.4, 0.5) is 0 Å². The maximum atomic E-state index is 4.38. The van der Waals surface area contributed by atoms with Gasteiger partial charge in [0.15, 0.2) is 0 Å². The van der Waals surface area contributed by atoms with Crippen molar-refractivity contribution in [1.82, 2.24) is 15.1 Å². The number of halogens is 1. The average molecular weight is 288 g/mol. The molecule has 0 amide bonds. The average Bonchev–Trinajstić information content (AvgIpc) is 2.66. The van der Waals surface area contributed by atoms with Crippen molar-refractivity contribution in [2.75, 3.05) is 6.54 Å². The summed E-state index contributed by atoms with van der Waals surface area (Å²) < 4.78 is 3.20. The van der Waals surface area contributed by atoms with E-state index in [2.05, 4.69) is 51.8 Å². The van der Waals surface area contributed by atoms with E-state index < -0.39 is 0 Å². The van der Waals surface area contributed by atoms with Crippen molar-refractivity contribution in [2.45, 2.75) is 52.6 Å². The van der Waals surface area contributed by atoms with E-state index in [4.69, 9.17) is 0 Å². The first-order chi connectivity index (χ1) is 7.74. The third kappa shape index (κ3) is 3.32. The van der Waals surface area contributed by atoms with Crippen LogP contribution < -0.4 is 5.32 Å². The Labute approximate surface area is 107 Å². The second-order valence-corrected chi connectivity index (χ2v) is 4.80. The molecule has 1 aromatic heterocycles. The van der Waals surface area contributed by atoms with Gasteiger partial charge >= 0.3 is 0 Å². The first kappa shape index (κ1) is 13.7. The lowest BCUT2D eigenvalue weighted by atomic mass is 10.1. The molecule has 0 aliphatic heterocycles. The first-order valence-corrected chi connectivity index (χ1v) is 6.98. The molecule has 0 aliphatic carbocycles. The van der Waals surface area contributed by atoms with Crippen LogP contribution in [0.2, 0.25) is 0 Å². The fourth-order valence-electron chi connectivity index (χ4n) is 1.96. The highest BCUT2D eigenvalue weighted by atomic mass is 79.9. The molecule has 1 unspecified atom stereocenters. The van der Waals surface area contributed by atoms with E-state index in [1.165, 1.54) is 25.0 Å². The molecule has 0 bridgehead atoms. The number of hydrogen-bond acceptors (Lipinski definition) is 2. The Kier molecular flexibility index (Phi) is 6.06. The normalized spacial score (nSPS) is 13.0. The highest BCUT2D eigenvalue weighted by Crippen LogP contribution is 2.26. The number of hydrogen-bond donors (Lipinski definition) is 1. The molecule has 1 atom stereocenters. The second-order valence-electron chi connectivity index (χ2n) is 3.95. The van der Waals surface area contributed by atoms with Gasteiger partial charge in [0.1, 0.15) is 0 Å². The van der Waals surface area contributed by atoms with E-state index in [1.807, 2.05) is 6.20 Å². The van der Waals surface area contributed by atoms with Crippen LogP contribution in [0.15, 0.2) is 10.7 Å². The van der Waals surface area contributed by atoms with Crippen molar-refractivity contribution in [3.05, 3.63) is 16.4 Å². The number of aromatic nitrogens is 2. The zero-order valence-corrected chi connectivity index (χ0v) is 12.0. The third-order valence-electron chi connectivity index (χ3n) is 2.76. The molecule has 1 N–H and O–H groups in total. The molecule has 0 saturated heterocycles. The van der Waals surface area contributed by atoms with Gasteiger partial charge in [-0.3, -0.25) is 4.68 Å². The molecular weight excluding hydrogens is 266 g/mol. The first-order valence-electron chi connectivity index (χ1n) is 6.19. The summed E-state index contributed by atoms with van der Waals surface area (Å²) in [7, 11) is 0. The second kappa shape index (κ2) is 7.07. The van der Waals surface area contributed by atoms with Crippen molar-refractivity contribution in [3.63, 3.8) is 0 Å². The van der Waals surface area contributed by atoms with E-state index in [1.54, 1.807) is 0 Å². The molecule has 1 aromatic rings. The van der Waals surface area contributed by atoms with Crippen LogP contribution in [0, 0.1) is 0 Å². The lowest BCUT2D eigenvalue weighted by molar-refractivity contribution is 0.452. The number of aryl methyl sites for hydroxylation is 1. The zero-order valence-electron chi connectivity index (χ0n) is 10.5. The van der Waals surface area contributed by atoms with Crippen LogP contribution in [0.3, 0.4) is 0 Å². The van der Waals surface area contributed by atoms with Crippen LogP contribution in [0.5, 0.6) is 0 Å². The Balaban J connectivity index is 2.85. The lowest BCUT2D eigenvalue weighted by Crippen LogP contribution is -2.24. The van der Waals surface area contributed by atoms with Crippen LogP contribution >= 0.6 is 15.9 Å². The molecule has 0 aliphatic rings. The van der Waals surface area contributed by atoms with E-state index in [0.717, 1.165) is 17.6 Å². The smallest absolute Gasteiger partial charge is 0.0695 e. The predicted molar refractivity (Wildman–Crippen MR) is 71.5 cm³/mol. The van der Waals surface area contributed by atoms with Crippen molar-refractivity contribution in [2.24, 2.45) is 0 Å². The molecule has 0 fully saturated rings. The highest BCUT2D eigenvalue weighted by Gasteiger charge is 2.17. The summed E-state index contributed by atoms with van der Waals surface area (Å²) in [4.78, 5) is 0. The van der Waals surface area contributed by atoms with Gasteiger partial charge in [-0.25, -0.2) is 0 Å². The summed E-state index contributed by atoms with van der Waals surface area (Å²) in [5, 5.41) is 7.92. The van der Waals surface area contributed by atoms with Gasteiger partial charge in [0.25, 0.3) is 0 Å². The van der Waals surface area contributed by atoms with Crippen LogP contribution in [0.25, 0.3) is 0 Å². The molecule has 0 radical (unpaired) electrons. The molecule has 92 valence electrons.